The zero-order valence-electron chi connectivity index (χ0n) is 8.04. The first-order valence-corrected chi connectivity index (χ1v) is 2.85. The second kappa shape index (κ2) is 22.5. The minimum atomic E-state index is 0. The molecule has 0 saturated heterocycles. The summed E-state index contributed by atoms with van der Waals surface area (Å²) in [7, 11) is 0. The van der Waals surface area contributed by atoms with Gasteiger partial charge in [-0.15, -0.1) is 0 Å². The number of hydrogen-bond acceptors (Lipinski definition) is 1. The largest absolute Gasteiger partial charge is 2.00 e. The fraction of sp³-hybridized carbons (Fsp3) is 0.222. The molecule has 0 atom stereocenters. The predicted molar refractivity (Wildman–Crippen MR) is 54.2 cm³/mol. The van der Waals surface area contributed by atoms with Crippen LogP contribution in [0.3, 0.4) is 0 Å². The number of aromatic nitrogens is 1. The summed E-state index contributed by atoms with van der Waals surface area (Å²) < 4.78 is 0. The number of hydrogen-bond donors (Lipinski definition) is 0. The van der Waals surface area contributed by atoms with Gasteiger partial charge in [0.05, 0.1) is 0 Å². The molecule has 1 nitrogen and oxygen atoms in total. The van der Waals surface area contributed by atoms with Gasteiger partial charge in [0.2, 0.25) is 0 Å². The van der Waals surface area contributed by atoms with E-state index in [9.17, 15) is 0 Å². The molecule has 0 amide bonds. The predicted octanol–water partition coefficient (Wildman–Crippen LogP) is 2.63. The molecule has 60 valence electrons. The van der Waals surface area contributed by atoms with Crippen molar-refractivity contribution in [2.24, 2.45) is 0 Å². The first kappa shape index (κ1) is 22.4. The van der Waals surface area contributed by atoms with E-state index < -0.39 is 0 Å². The smallest absolute Gasteiger partial charge is 0.358 e. The first-order chi connectivity index (χ1) is 4.00. The Bertz CT molecular complexity index is 81.5. The summed E-state index contributed by atoms with van der Waals surface area (Å²) in [6.45, 7) is 4.00. The van der Waals surface area contributed by atoms with Crippen molar-refractivity contribution < 1.29 is 0 Å². The van der Waals surface area contributed by atoms with Crippen LogP contribution in [0.15, 0.2) is 30.6 Å². The van der Waals surface area contributed by atoms with Crippen LogP contribution in [0.25, 0.3) is 0 Å². The van der Waals surface area contributed by atoms with E-state index in [2.05, 4.69) is 4.98 Å². The summed E-state index contributed by atoms with van der Waals surface area (Å²) in [5.41, 5.74) is 0. The summed E-state index contributed by atoms with van der Waals surface area (Å²) >= 11 is 0. The molecule has 1 heterocycles. The molecule has 0 spiro atoms. The van der Waals surface area contributed by atoms with Gasteiger partial charge in [-0.05, 0) is 12.1 Å². The van der Waals surface area contributed by atoms with E-state index in [1.54, 1.807) is 12.4 Å². The Labute approximate surface area is 87.4 Å². The maximum atomic E-state index is 3.78. The summed E-state index contributed by atoms with van der Waals surface area (Å²) in [6, 6.07) is 5.72. The zero-order valence-corrected chi connectivity index (χ0v) is 9.46. The van der Waals surface area contributed by atoms with Gasteiger partial charge in [0.15, 0.2) is 0 Å². The number of nitrogens with zero attached hydrogens (tertiary/aromatic N) is 1. The van der Waals surface area contributed by atoms with Crippen molar-refractivity contribution >= 4 is 23.1 Å². The Hall–Kier alpha value is -0.0838. The van der Waals surface area contributed by atoms with Gasteiger partial charge < -0.3 is 14.9 Å². The van der Waals surface area contributed by atoms with Gasteiger partial charge in [-0.25, -0.2) is 0 Å². The average Bonchev–Trinajstić information content (AvgIpc) is 1.96. The van der Waals surface area contributed by atoms with Gasteiger partial charge >= 0.3 is 23.1 Å². The first-order valence-electron chi connectivity index (χ1n) is 2.85. The van der Waals surface area contributed by atoms with Crippen LogP contribution >= 0.6 is 0 Å². The number of pyridine rings is 1. The van der Waals surface area contributed by atoms with Crippen LogP contribution in [0.1, 0.15) is 13.8 Å². The molecule has 0 fully saturated rings. The Morgan fingerprint density at radius 1 is 0.818 bits per heavy atom. The maximum Gasteiger partial charge on any atom is 2.00 e. The van der Waals surface area contributed by atoms with E-state index >= 15 is 0 Å². The number of rotatable bonds is 0. The van der Waals surface area contributed by atoms with Gasteiger partial charge in [0.25, 0.3) is 0 Å². The molecule has 1 aromatic rings. The van der Waals surface area contributed by atoms with Crippen molar-refractivity contribution in [1.82, 2.24) is 4.98 Å². The van der Waals surface area contributed by atoms with Crippen molar-refractivity contribution in [3.63, 3.8) is 0 Å². The van der Waals surface area contributed by atoms with Crippen LogP contribution in [0.4, 0.5) is 0 Å². The van der Waals surface area contributed by atoms with Crippen LogP contribution in [-0.4, -0.2) is 28.0 Å². The Morgan fingerprint density at radius 2 is 1.18 bits per heavy atom. The van der Waals surface area contributed by atoms with E-state index in [0.29, 0.717) is 0 Å². The molecule has 1 rings (SSSR count). The van der Waals surface area contributed by atoms with Gasteiger partial charge in [-0.1, -0.05) is 19.9 Å². The van der Waals surface area contributed by atoms with Crippen molar-refractivity contribution in [2.45, 2.75) is 13.8 Å². The van der Waals surface area contributed by atoms with E-state index in [1.165, 1.54) is 0 Å². The quantitative estimate of drug-likeness (QED) is 0.423. The van der Waals surface area contributed by atoms with Crippen LogP contribution in [0.2, 0.25) is 0 Å². The van der Waals surface area contributed by atoms with Crippen molar-refractivity contribution in [2.75, 3.05) is 0 Å². The molecule has 0 radical (unpaired) electrons. The minimum Gasteiger partial charge on any atom is -0.358 e. The second-order valence-corrected chi connectivity index (χ2v) is 1.02. The summed E-state index contributed by atoms with van der Waals surface area (Å²) in [5.74, 6) is 0. The molecule has 0 aliphatic heterocycles. The summed E-state index contributed by atoms with van der Waals surface area (Å²) in [5, 5.41) is 0. The van der Waals surface area contributed by atoms with Crippen LogP contribution < -0.4 is 0 Å². The second-order valence-electron chi connectivity index (χ2n) is 1.02. The molecule has 0 aromatic carbocycles. The molecule has 0 aliphatic carbocycles. The Morgan fingerprint density at radius 3 is 1.27 bits per heavy atom. The summed E-state index contributed by atoms with van der Waals surface area (Å²) in [4.78, 5) is 3.78. The third kappa shape index (κ3) is 17.8. The SMILES string of the molecule is CC.[CH3-].[CH3-].[Mg+2].c1ccncc1. The van der Waals surface area contributed by atoms with Gasteiger partial charge in [0, 0.05) is 12.4 Å². The van der Waals surface area contributed by atoms with Crippen LogP contribution in [0, 0.1) is 14.9 Å². The molecule has 0 N–H and O–H groups in total. The van der Waals surface area contributed by atoms with Crippen molar-refractivity contribution in [3.8, 4) is 0 Å². The normalized spacial score (nSPS) is 4.91. The van der Waals surface area contributed by atoms with Crippen molar-refractivity contribution in [1.29, 1.82) is 0 Å². The topological polar surface area (TPSA) is 12.9 Å². The zero-order chi connectivity index (χ0) is 6.24. The van der Waals surface area contributed by atoms with Crippen LogP contribution in [0.5, 0.6) is 0 Å². The monoisotopic (exact) mass is 163 g/mol. The fourth-order valence-electron chi connectivity index (χ4n) is 0.313. The van der Waals surface area contributed by atoms with Crippen LogP contribution in [-0.2, 0) is 0 Å². The van der Waals surface area contributed by atoms with E-state index in [-0.39, 0.29) is 37.9 Å². The van der Waals surface area contributed by atoms with E-state index in [4.69, 9.17) is 0 Å². The molecule has 0 saturated carbocycles. The molecule has 2 heteroatoms. The van der Waals surface area contributed by atoms with E-state index in [0.717, 1.165) is 0 Å². The molecule has 0 bridgehead atoms. The average molecular weight is 164 g/mol. The third-order valence-electron chi connectivity index (χ3n) is 0.566. The van der Waals surface area contributed by atoms with Gasteiger partial charge in [0.1, 0.15) is 0 Å². The summed E-state index contributed by atoms with van der Waals surface area (Å²) in [6.07, 6.45) is 3.50. The van der Waals surface area contributed by atoms with Crippen molar-refractivity contribution in [3.05, 3.63) is 45.4 Å². The molecular formula is C9H17MgN. The molecule has 0 aliphatic rings. The maximum absolute atomic E-state index is 3.78. The Balaban J connectivity index is -0.0000000459. The third-order valence-corrected chi connectivity index (χ3v) is 0.566. The fourth-order valence-corrected chi connectivity index (χ4v) is 0.313. The molecule has 11 heavy (non-hydrogen) atoms. The minimum absolute atomic E-state index is 0. The standard InChI is InChI=1S/C5H5N.C2H6.2CH3.Mg/c1-2-4-6-5-3-1;1-2;;;/h1-5H;1-2H3;2*1H3;/q;;2*-1;+2. The molecule has 1 aromatic heterocycles. The van der Waals surface area contributed by atoms with E-state index in [1.807, 2.05) is 32.0 Å². The molecule has 0 unspecified atom stereocenters. The Kier molecular flexibility index (Phi) is 45.9. The van der Waals surface area contributed by atoms with Gasteiger partial charge in [-0.3, -0.25) is 4.98 Å². The van der Waals surface area contributed by atoms with Gasteiger partial charge in [-0.2, -0.15) is 0 Å². The molecular weight excluding hydrogens is 146 g/mol.